The number of allylic oxidation sites excluding steroid dienone is 1. The van der Waals surface area contributed by atoms with Crippen LogP contribution in [0.25, 0.3) is 6.08 Å². The van der Waals surface area contributed by atoms with Crippen LogP contribution in [0.4, 0.5) is 0 Å². The van der Waals surface area contributed by atoms with E-state index in [1.54, 1.807) is 23.1 Å². The third-order valence-corrected chi connectivity index (χ3v) is 8.29. The van der Waals surface area contributed by atoms with Crippen molar-refractivity contribution in [2.24, 2.45) is 0 Å². The van der Waals surface area contributed by atoms with Gasteiger partial charge in [-0.2, -0.15) is 0 Å². The molecule has 1 aliphatic carbocycles. The minimum Gasteiger partial charge on any atom is -0.394 e. The van der Waals surface area contributed by atoms with Crippen LogP contribution in [-0.2, 0) is 11.2 Å². The lowest BCUT2D eigenvalue weighted by atomic mass is 10.0. The molecule has 3 atom stereocenters. The molecule has 39 heavy (non-hydrogen) atoms. The Hall–Kier alpha value is -3.17. The fourth-order valence-corrected chi connectivity index (χ4v) is 6.01. The third-order valence-electron chi connectivity index (χ3n) is 7.99. The Balaban J connectivity index is 1.33. The van der Waals surface area contributed by atoms with Crippen LogP contribution in [-0.4, -0.2) is 80.3 Å². The Bertz CT molecular complexity index is 1270. The molecule has 0 saturated carbocycles. The van der Waals surface area contributed by atoms with E-state index in [0.29, 0.717) is 36.3 Å². The van der Waals surface area contributed by atoms with Crippen LogP contribution in [0.15, 0.2) is 24.3 Å². The second kappa shape index (κ2) is 11.9. The van der Waals surface area contributed by atoms with Gasteiger partial charge in [-0.15, -0.1) is 11.6 Å². The van der Waals surface area contributed by atoms with Crippen LogP contribution in [0.2, 0.25) is 0 Å². The van der Waals surface area contributed by atoms with Gasteiger partial charge in [0.15, 0.2) is 0 Å². The number of imidazole rings is 1. The van der Waals surface area contributed by atoms with Crippen molar-refractivity contribution in [2.75, 3.05) is 26.2 Å². The molecule has 1 aromatic carbocycles. The molecule has 3 amide bonds. The summed E-state index contributed by atoms with van der Waals surface area (Å²) in [5.41, 5.74) is 3.49. The van der Waals surface area contributed by atoms with E-state index in [2.05, 4.69) is 10.3 Å². The molecule has 0 spiro atoms. The van der Waals surface area contributed by atoms with Crippen LogP contribution in [0.3, 0.4) is 0 Å². The number of hydrogen-bond acceptors (Lipinski definition) is 5. The number of nitrogens with zero attached hydrogens (tertiary/aromatic N) is 3. The van der Waals surface area contributed by atoms with E-state index in [1.807, 2.05) is 24.0 Å². The number of likely N-dealkylation sites (tertiary alicyclic amines) is 2. The minimum absolute atomic E-state index is 0.00302. The molecule has 2 unspecified atom stereocenters. The number of nitrogens with one attached hydrogen (secondary N) is 2. The molecule has 208 valence electrons. The van der Waals surface area contributed by atoms with Gasteiger partial charge in [0.1, 0.15) is 5.82 Å². The molecule has 2 aromatic rings. The zero-order valence-corrected chi connectivity index (χ0v) is 23.0. The zero-order valence-electron chi connectivity index (χ0n) is 22.3. The van der Waals surface area contributed by atoms with Crippen LogP contribution in [0.1, 0.15) is 88.1 Å². The van der Waals surface area contributed by atoms with Gasteiger partial charge in [-0.25, -0.2) is 4.98 Å². The first-order valence-corrected chi connectivity index (χ1v) is 14.3. The number of hydrogen-bond donors (Lipinski definition) is 3. The summed E-state index contributed by atoms with van der Waals surface area (Å²) in [6, 6.07) is 4.47. The molecule has 0 radical (unpaired) electrons. The van der Waals surface area contributed by atoms with E-state index in [9.17, 15) is 19.5 Å². The van der Waals surface area contributed by atoms with E-state index >= 15 is 0 Å². The lowest BCUT2D eigenvalue weighted by Gasteiger charge is -2.24. The summed E-state index contributed by atoms with van der Waals surface area (Å²) in [5.74, 6) is 0.242. The number of aromatic amines is 1. The third kappa shape index (κ3) is 6.04. The van der Waals surface area contributed by atoms with Gasteiger partial charge in [-0.1, -0.05) is 6.08 Å². The Morgan fingerprint density at radius 2 is 2.00 bits per heavy atom. The van der Waals surface area contributed by atoms with Crippen molar-refractivity contribution in [3.8, 4) is 0 Å². The van der Waals surface area contributed by atoms with Crippen molar-refractivity contribution in [3.63, 3.8) is 0 Å². The summed E-state index contributed by atoms with van der Waals surface area (Å²) < 4.78 is 0. The number of carbonyl (C=O) groups excluding carboxylic acids is 3. The standard InChI is InChI=1S/C29H36ClN5O4/c1-18-15-19(6-8-22(18)29(39)34-12-2-3-13-34)28(38)33-24(10-11-26(37)35-14-4-5-21(35)17-36)27-31-23-9-7-20(30)16-25(23)32-27/h6-9,15,20-21,24,36H,2-5,10-14,16-17H2,1H3,(H,31,32)(H,33,38)/t20?,21?,24-/m0/s1. The molecule has 3 N–H and O–H groups in total. The quantitative estimate of drug-likeness (QED) is 0.433. The average molecular weight is 554 g/mol. The maximum absolute atomic E-state index is 13.4. The van der Waals surface area contributed by atoms with Gasteiger partial charge in [0.05, 0.1) is 29.8 Å². The van der Waals surface area contributed by atoms with Crippen molar-refractivity contribution in [3.05, 3.63) is 58.2 Å². The molecule has 1 aromatic heterocycles. The summed E-state index contributed by atoms with van der Waals surface area (Å²) in [7, 11) is 0. The van der Waals surface area contributed by atoms with Crippen molar-refractivity contribution in [1.82, 2.24) is 25.1 Å². The molecule has 2 fully saturated rings. The van der Waals surface area contributed by atoms with Gasteiger partial charge in [-0.05, 0) is 68.9 Å². The highest BCUT2D eigenvalue weighted by Gasteiger charge is 2.30. The first-order valence-electron chi connectivity index (χ1n) is 13.9. The number of alkyl halides is 1. The number of benzene rings is 1. The number of rotatable bonds is 8. The van der Waals surface area contributed by atoms with Gasteiger partial charge in [0.25, 0.3) is 11.8 Å². The van der Waals surface area contributed by atoms with E-state index in [0.717, 1.165) is 55.7 Å². The monoisotopic (exact) mass is 553 g/mol. The minimum atomic E-state index is -0.532. The number of aryl methyl sites for hydroxylation is 1. The normalized spacial score (nSPS) is 21.2. The fourth-order valence-electron chi connectivity index (χ4n) is 5.78. The second-order valence-electron chi connectivity index (χ2n) is 10.7. The number of aliphatic hydroxyl groups is 1. The number of amides is 3. The molecule has 3 heterocycles. The molecule has 2 saturated heterocycles. The van der Waals surface area contributed by atoms with E-state index < -0.39 is 6.04 Å². The molecule has 2 aliphatic heterocycles. The van der Waals surface area contributed by atoms with Crippen molar-refractivity contribution in [1.29, 1.82) is 0 Å². The molecular weight excluding hydrogens is 518 g/mol. The van der Waals surface area contributed by atoms with Gasteiger partial charge in [-0.3, -0.25) is 14.4 Å². The predicted octanol–water partition coefficient (Wildman–Crippen LogP) is 3.37. The Morgan fingerprint density at radius 3 is 2.74 bits per heavy atom. The summed E-state index contributed by atoms with van der Waals surface area (Å²) in [6.45, 7) is 3.98. The maximum atomic E-state index is 13.4. The topological polar surface area (TPSA) is 119 Å². The molecule has 0 bridgehead atoms. The first kappa shape index (κ1) is 27.4. The summed E-state index contributed by atoms with van der Waals surface area (Å²) in [5, 5.41) is 12.6. The molecular formula is C29H36ClN5O4. The van der Waals surface area contributed by atoms with Crippen LogP contribution in [0, 0.1) is 6.92 Å². The maximum Gasteiger partial charge on any atom is 0.254 e. The highest BCUT2D eigenvalue weighted by Crippen LogP contribution is 2.26. The number of H-pyrrole nitrogens is 1. The van der Waals surface area contributed by atoms with Crippen molar-refractivity contribution >= 4 is 35.4 Å². The lowest BCUT2D eigenvalue weighted by molar-refractivity contribution is -0.132. The van der Waals surface area contributed by atoms with Crippen molar-refractivity contribution in [2.45, 2.75) is 69.3 Å². The van der Waals surface area contributed by atoms with Gasteiger partial charge in [0, 0.05) is 49.3 Å². The zero-order chi connectivity index (χ0) is 27.5. The number of halogens is 1. The van der Waals surface area contributed by atoms with E-state index in [4.69, 9.17) is 16.6 Å². The fraction of sp³-hybridized carbons (Fsp3) is 0.517. The highest BCUT2D eigenvalue weighted by molar-refractivity contribution is 6.22. The Morgan fingerprint density at radius 1 is 1.21 bits per heavy atom. The summed E-state index contributed by atoms with van der Waals surface area (Å²) in [4.78, 5) is 50.9. The number of carbonyl (C=O) groups is 3. The first-order chi connectivity index (χ1) is 18.8. The van der Waals surface area contributed by atoms with E-state index in [1.165, 1.54) is 0 Å². The largest absolute Gasteiger partial charge is 0.394 e. The van der Waals surface area contributed by atoms with Crippen LogP contribution in [0.5, 0.6) is 0 Å². The Labute approximate surface area is 233 Å². The molecule has 10 heteroatoms. The summed E-state index contributed by atoms with van der Waals surface area (Å²) >= 11 is 6.29. The van der Waals surface area contributed by atoms with Gasteiger partial charge >= 0.3 is 0 Å². The van der Waals surface area contributed by atoms with Crippen LogP contribution >= 0.6 is 11.6 Å². The number of fused-ring (bicyclic) bond motifs is 1. The predicted molar refractivity (Wildman–Crippen MR) is 149 cm³/mol. The van der Waals surface area contributed by atoms with Gasteiger partial charge in [0.2, 0.25) is 5.91 Å². The number of aliphatic hydroxyl groups excluding tert-OH is 1. The molecule has 9 nitrogen and oxygen atoms in total. The van der Waals surface area contributed by atoms with Gasteiger partial charge < -0.3 is 25.2 Å². The second-order valence-corrected chi connectivity index (χ2v) is 11.3. The Kier molecular flexibility index (Phi) is 8.37. The molecule has 3 aliphatic rings. The van der Waals surface area contributed by atoms with E-state index in [-0.39, 0.29) is 42.2 Å². The highest BCUT2D eigenvalue weighted by atomic mass is 35.5. The SMILES string of the molecule is Cc1cc(C(=O)N[C@@H](CCC(=O)N2CCCC2CO)c2nc3c([nH]2)CC(Cl)C=C3)ccc1C(=O)N1CCCC1. The van der Waals surface area contributed by atoms with Crippen LogP contribution < -0.4 is 5.32 Å². The molecule has 5 rings (SSSR count). The lowest BCUT2D eigenvalue weighted by Crippen LogP contribution is -2.38. The summed E-state index contributed by atoms with van der Waals surface area (Å²) in [6.07, 6.45) is 8.65. The van der Waals surface area contributed by atoms with Crippen molar-refractivity contribution < 1.29 is 19.5 Å². The number of aromatic nitrogens is 2. The smallest absolute Gasteiger partial charge is 0.254 e. The average Bonchev–Trinajstić information content (AvgIpc) is 3.70.